The molecule has 0 aliphatic carbocycles. The smallest absolute Gasteiger partial charge is 0.166 e. The maximum absolute atomic E-state index is 6.24. The quantitative estimate of drug-likeness (QED) is 0.692. The van der Waals surface area contributed by atoms with E-state index in [1.54, 1.807) is 7.11 Å². The van der Waals surface area contributed by atoms with Crippen LogP contribution in [0.25, 0.3) is 0 Å². The summed E-state index contributed by atoms with van der Waals surface area (Å²) in [4.78, 5) is 5.11. The molecule has 0 saturated heterocycles. The molecule has 0 spiro atoms. The summed E-state index contributed by atoms with van der Waals surface area (Å²) in [6.45, 7) is 8.57. The van der Waals surface area contributed by atoms with Crippen LogP contribution >= 0.6 is 24.8 Å². The van der Waals surface area contributed by atoms with Crippen molar-refractivity contribution in [3.05, 3.63) is 52.6 Å². The summed E-state index contributed by atoms with van der Waals surface area (Å²) in [5.74, 6) is 1.67. The number of rotatable bonds is 2. The van der Waals surface area contributed by atoms with Crippen molar-refractivity contribution in [1.82, 2.24) is 0 Å². The second-order valence-electron chi connectivity index (χ2n) is 8.53. The van der Waals surface area contributed by atoms with Gasteiger partial charge < -0.3 is 15.2 Å². The van der Waals surface area contributed by atoms with Crippen molar-refractivity contribution in [2.24, 2.45) is 4.99 Å². The van der Waals surface area contributed by atoms with Crippen LogP contribution in [-0.4, -0.2) is 24.0 Å². The van der Waals surface area contributed by atoms with Gasteiger partial charge in [0, 0.05) is 28.8 Å². The van der Waals surface area contributed by atoms with E-state index in [9.17, 15) is 0 Å². The fourth-order valence-electron chi connectivity index (χ4n) is 4.12. The van der Waals surface area contributed by atoms with Gasteiger partial charge in [-0.05, 0) is 57.9 Å². The van der Waals surface area contributed by atoms with E-state index in [1.807, 2.05) is 18.2 Å². The van der Waals surface area contributed by atoms with Crippen molar-refractivity contribution >= 4 is 36.2 Å². The number of hydrogen-bond donors (Lipinski definition) is 1. The largest absolute Gasteiger partial charge is 0.493 e. The molecule has 0 bridgehead atoms. The number of nitrogens with two attached hydrogens (primary N) is 1. The van der Waals surface area contributed by atoms with Crippen LogP contribution in [0.15, 0.2) is 35.3 Å². The summed E-state index contributed by atoms with van der Waals surface area (Å²) in [6.07, 6.45) is 1.71. The van der Waals surface area contributed by atoms with E-state index in [4.69, 9.17) is 20.2 Å². The molecular formula is C22H28Cl2N2O2. The van der Waals surface area contributed by atoms with E-state index in [-0.39, 0.29) is 36.0 Å². The Morgan fingerprint density at radius 2 is 1.79 bits per heavy atom. The third-order valence-electron chi connectivity index (χ3n) is 5.06. The Morgan fingerprint density at radius 1 is 1.07 bits per heavy atom. The van der Waals surface area contributed by atoms with Crippen LogP contribution in [0.3, 0.4) is 0 Å². The SMILES string of the molecule is COc1cc2c(c3c1OC(C)(C)C3)C(c1cccc(N)c1)=NC(C)(C)C2.Cl.Cl. The molecule has 4 rings (SSSR count). The normalized spacial score (nSPS) is 17.8. The minimum Gasteiger partial charge on any atom is -0.493 e. The zero-order chi connectivity index (χ0) is 18.7. The highest BCUT2D eigenvalue weighted by Gasteiger charge is 2.39. The Bertz CT molecular complexity index is 936. The molecule has 2 heterocycles. The zero-order valence-corrected chi connectivity index (χ0v) is 18.6. The summed E-state index contributed by atoms with van der Waals surface area (Å²) in [5.41, 5.74) is 12.1. The molecule has 0 amide bonds. The number of fused-ring (bicyclic) bond motifs is 3. The number of nitrogen functional groups attached to an aromatic ring is 1. The Hall–Kier alpha value is -1.91. The molecule has 0 atom stereocenters. The lowest BCUT2D eigenvalue weighted by Gasteiger charge is -2.31. The highest BCUT2D eigenvalue weighted by Crippen LogP contribution is 2.47. The first-order valence-electron chi connectivity index (χ1n) is 9.07. The van der Waals surface area contributed by atoms with Crippen molar-refractivity contribution in [1.29, 1.82) is 0 Å². The molecule has 0 saturated carbocycles. The molecule has 2 aliphatic rings. The van der Waals surface area contributed by atoms with Gasteiger partial charge in [-0.1, -0.05) is 12.1 Å². The van der Waals surface area contributed by atoms with Crippen molar-refractivity contribution < 1.29 is 9.47 Å². The first-order chi connectivity index (χ1) is 12.2. The topological polar surface area (TPSA) is 56.8 Å². The average Bonchev–Trinajstić information content (AvgIpc) is 2.87. The highest BCUT2D eigenvalue weighted by molar-refractivity contribution is 6.16. The molecule has 28 heavy (non-hydrogen) atoms. The summed E-state index contributed by atoms with van der Waals surface area (Å²) in [6, 6.07) is 10.1. The van der Waals surface area contributed by atoms with Gasteiger partial charge in [-0.15, -0.1) is 24.8 Å². The molecular weight excluding hydrogens is 395 g/mol. The van der Waals surface area contributed by atoms with E-state index in [0.29, 0.717) is 0 Å². The van der Waals surface area contributed by atoms with Gasteiger partial charge in [0.05, 0.1) is 18.4 Å². The van der Waals surface area contributed by atoms with Crippen molar-refractivity contribution in [3.8, 4) is 11.5 Å². The number of methoxy groups -OCH3 is 1. The summed E-state index contributed by atoms with van der Waals surface area (Å²) < 4.78 is 11.9. The number of hydrogen-bond acceptors (Lipinski definition) is 4. The molecule has 152 valence electrons. The number of halogens is 2. The van der Waals surface area contributed by atoms with Crippen LogP contribution in [0, 0.1) is 0 Å². The number of nitrogens with zero attached hydrogens (tertiary/aromatic N) is 1. The first-order valence-corrected chi connectivity index (χ1v) is 9.07. The predicted molar refractivity (Wildman–Crippen MR) is 120 cm³/mol. The minimum absolute atomic E-state index is 0. The Balaban J connectivity index is 0.00000140. The summed E-state index contributed by atoms with van der Waals surface area (Å²) in [5, 5.41) is 0. The first kappa shape index (κ1) is 22.4. The van der Waals surface area contributed by atoms with E-state index in [1.165, 1.54) is 16.7 Å². The third-order valence-corrected chi connectivity index (χ3v) is 5.06. The highest BCUT2D eigenvalue weighted by atomic mass is 35.5. The van der Waals surface area contributed by atoms with Gasteiger partial charge >= 0.3 is 0 Å². The van der Waals surface area contributed by atoms with Crippen LogP contribution in [0.1, 0.15) is 49.9 Å². The molecule has 0 unspecified atom stereocenters. The van der Waals surface area contributed by atoms with E-state index in [2.05, 4.69) is 39.8 Å². The van der Waals surface area contributed by atoms with Gasteiger partial charge in [0.2, 0.25) is 0 Å². The molecule has 6 heteroatoms. The number of benzene rings is 2. The molecule has 2 aliphatic heterocycles. The average molecular weight is 423 g/mol. The Labute approximate surface area is 179 Å². The van der Waals surface area contributed by atoms with E-state index in [0.717, 1.165) is 41.3 Å². The van der Waals surface area contributed by atoms with Gasteiger partial charge in [0.25, 0.3) is 0 Å². The molecule has 0 aromatic heterocycles. The van der Waals surface area contributed by atoms with Crippen LogP contribution in [0.5, 0.6) is 11.5 Å². The zero-order valence-electron chi connectivity index (χ0n) is 17.0. The lowest BCUT2D eigenvalue weighted by molar-refractivity contribution is 0.134. The minimum atomic E-state index is -0.251. The van der Waals surface area contributed by atoms with Gasteiger partial charge in [-0.3, -0.25) is 4.99 Å². The van der Waals surface area contributed by atoms with Crippen LogP contribution < -0.4 is 15.2 Å². The lowest BCUT2D eigenvalue weighted by atomic mass is 9.81. The second kappa shape index (κ2) is 7.49. The fraction of sp³-hybridized carbons (Fsp3) is 0.409. The van der Waals surface area contributed by atoms with Gasteiger partial charge in [-0.2, -0.15) is 0 Å². The fourth-order valence-corrected chi connectivity index (χ4v) is 4.12. The van der Waals surface area contributed by atoms with Gasteiger partial charge in [0.1, 0.15) is 5.60 Å². The van der Waals surface area contributed by atoms with E-state index < -0.39 is 0 Å². The monoisotopic (exact) mass is 422 g/mol. The molecule has 0 fully saturated rings. The van der Waals surface area contributed by atoms with Crippen LogP contribution in [0.4, 0.5) is 5.69 Å². The summed E-state index contributed by atoms with van der Waals surface area (Å²) in [7, 11) is 1.71. The Morgan fingerprint density at radius 3 is 2.43 bits per heavy atom. The number of ether oxygens (including phenoxy) is 2. The molecule has 2 N–H and O–H groups in total. The van der Waals surface area contributed by atoms with Crippen molar-refractivity contribution in [2.45, 2.75) is 51.7 Å². The lowest BCUT2D eigenvalue weighted by Crippen LogP contribution is -2.30. The van der Waals surface area contributed by atoms with Gasteiger partial charge in [-0.25, -0.2) is 0 Å². The van der Waals surface area contributed by atoms with Crippen molar-refractivity contribution in [3.63, 3.8) is 0 Å². The number of anilines is 1. The van der Waals surface area contributed by atoms with Gasteiger partial charge in [0.15, 0.2) is 11.5 Å². The van der Waals surface area contributed by atoms with Crippen LogP contribution in [-0.2, 0) is 12.8 Å². The second-order valence-corrected chi connectivity index (χ2v) is 8.53. The third kappa shape index (κ3) is 3.81. The Kier molecular flexibility index (Phi) is 5.99. The molecule has 0 radical (unpaired) electrons. The van der Waals surface area contributed by atoms with E-state index >= 15 is 0 Å². The molecule has 2 aromatic rings. The number of aliphatic imine (C=N–C) groups is 1. The maximum Gasteiger partial charge on any atom is 0.166 e. The standard InChI is InChI=1S/C22H26N2O2.2ClH/c1-21(2)11-14-10-17(25-5)20-16(12-22(3,4)26-20)18(14)19(24-21)13-7-6-8-15(23)9-13;;/h6-10H,11-12,23H2,1-5H3;2*1H. The molecule has 4 nitrogen and oxygen atoms in total. The molecule has 2 aromatic carbocycles. The van der Waals surface area contributed by atoms with Crippen LogP contribution in [0.2, 0.25) is 0 Å². The van der Waals surface area contributed by atoms with Crippen molar-refractivity contribution in [2.75, 3.05) is 12.8 Å². The predicted octanol–water partition coefficient (Wildman–Crippen LogP) is 5.01. The summed E-state index contributed by atoms with van der Waals surface area (Å²) >= 11 is 0. The maximum atomic E-state index is 6.24.